The highest BCUT2D eigenvalue weighted by Crippen LogP contribution is 2.21. The summed E-state index contributed by atoms with van der Waals surface area (Å²) in [6, 6.07) is 25.7. The quantitative estimate of drug-likeness (QED) is 0.276. The zero-order chi connectivity index (χ0) is 21.3. The molecule has 0 atom stereocenters. The Morgan fingerprint density at radius 1 is 0.968 bits per heavy atom. The zero-order valence-corrected chi connectivity index (χ0v) is 18.4. The fourth-order valence-corrected chi connectivity index (χ4v) is 4.02. The van der Waals surface area contributed by atoms with E-state index in [9.17, 15) is 0 Å². The fourth-order valence-electron chi connectivity index (χ4n) is 3.02. The minimum absolute atomic E-state index is 0.482. The van der Waals surface area contributed by atoms with E-state index in [1.54, 1.807) is 16.4 Å². The van der Waals surface area contributed by atoms with Gasteiger partial charge in [0.25, 0.3) is 0 Å². The van der Waals surface area contributed by atoms with Crippen molar-refractivity contribution in [3.63, 3.8) is 0 Å². The van der Waals surface area contributed by atoms with Gasteiger partial charge in [-0.25, -0.2) is 0 Å². The predicted molar refractivity (Wildman–Crippen MR) is 124 cm³/mol. The van der Waals surface area contributed by atoms with E-state index in [1.165, 1.54) is 0 Å². The van der Waals surface area contributed by atoms with Crippen molar-refractivity contribution < 1.29 is 4.74 Å². The van der Waals surface area contributed by atoms with E-state index >= 15 is 0 Å². The van der Waals surface area contributed by atoms with Crippen molar-refractivity contribution >= 4 is 23.4 Å². The molecule has 0 radical (unpaired) electrons. The summed E-state index contributed by atoms with van der Waals surface area (Å²) in [7, 11) is 0. The van der Waals surface area contributed by atoms with Gasteiger partial charge < -0.3 is 10.1 Å². The molecule has 0 saturated carbocycles. The van der Waals surface area contributed by atoms with Gasteiger partial charge in [0.2, 0.25) is 5.16 Å². The molecule has 0 saturated heterocycles. The average Bonchev–Trinajstić information content (AvgIpc) is 3.27. The van der Waals surface area contributed by atoms with Gasteiger partial charge in [-0.05, 0) is 46.3 Å². The molecule has 0 aliphatic heterocycles. The number of hydrogen-bond donors (Lipinski definition) is 1. The molecule has 0 bridgehead atoms. The number of nitrogens with one attached hydrogen (secondary N) is 1. The molecule has 31 heavy (non-hydrogen) atoms. The molecule has 1 N–H and O–H groups in total. The SMILES string of the molecule is Clc1cccc(COc2ccccc2CNCCSc2nnnn2-c2ccccc2)c1. The van der Waals surface area contributed by atoms with Crippen molar-refractivity contribution in [1.82, 2.24) is 25.5 Å². The summed E-state index contributed by atoms with van der Waals surface area (Å²) in [5.74, 6) is 1.72. The molecule has 0 aliphatic rings. The van der Waals surface area contributed by atoms with E-state index in [-0.39, 0.29) is 0 Å². The van der Waals surface area contributed by atoms with Crippen LogP contribution in [0.25, 0.3) is 5.69 Å². The first-order valence-electron chi connectivity index (χ1n) is 9.92. The van der Waals surface area contributed by atoms with Crippen LogP contribution in [0.15, 0.2) is 84.0 Å². The highest BCUT2D eigenvalue weighted by atomic mass is 35.5. The molecule has 158 valence electrons. The number of benzene rings is 3. The van der Waals surface area contributed by atoms with Gasteiger partial charge in [0.05, 0.1) is 5.69 Å². The van der Waals surface area contributed by atoms with Crippen LogP contribution >= 0.6 is 23.4 Å². The highest BCUT2D eigenvalue weighted by molar-refractivity contribution is 7.99. The van der Waals surface area contributed by atoms with E-state index in [2.05, 4.69) is 26.9 Å². The maximum atomic E-state index is 6.06. The lowest BCUT2D eigenvalue weighted by Crippen LogP contribution is -2.17. The smallest absolute Gasteiger partial charge is 0.214 e. The lowest BCUT2D eigenvalue weighted by molar-refractivity contribution is 0.302. The summed E-state index contributed by atoms with van der Waals surface area (Å²) in [6.07, 6.45) is 0. The molecular weight excluding hydrogens is 430 g/mol. The van der Waals surface area contributed by atoms with E-state index in [1.807, 2.05) is 72.8 Å². The molecule has 4 aromatic rings. The summed E-state index contributed by atoms with van der Waals surface area (Å²) >= 11 is 7.67. The number of para-hydroxylation sites is 2. The Morgan fingerprint density at radius 3 is 2.68 bits per heavy atom. The molecule has 8 heteroatoms. The van der Waals surface area contributed by atoms with Gasteiger partial charge in [-0.15, -0.1) is 5.10 Å². The number of aromatic nitrogens is 4. The standard InChI is InChI=1S/C23H22ClN5OS/c24-20-9-6-7-18(15-20)17-30-22-12-5-4-8-19(22)16-25-13-14-31-23-26-27-28-29(23)21-10-2-1-3-11-21/h1-12,15,25H,13-14,16-17H2. The Labute approximate surface area is 190 Å². The molecule has 6 nitrogen and oxygen atoms in total. The first-order chi connectivity index (χ1) is 15.3. The molecule has 0 aliphatic carbocycles. The molecule has 0 unspecified atom stereocenters. The Balaban J connectivity index is 1.26. The number of hydrogen-bond acceptors (Lipinski definition) is 6. The summed E-state index contributed by atoms with van der Waals surface area (Å²) < 4.78 is 7.78. The molecule has 4 rings (SSSR count). The van der Waals surface area contributed by atoms with Crippen LogP contribution in [0.2, 0.25) is 5.02 Å². The van der Waals surface area contributed by atoms with Gasteiger partial charge in [-0.1, -0.05) is 71.9 Å². The molecule has 0 amide bonds. The Kier molecular flexibility index (Phi) is 7.55. The van der Waals surface area contributed by atoms with Crippen LogP contribution in [0.1, 0.15) is 11.1 Å². The first kappa shape index (κ1) is 21.4. The monoisotopic (exact) mass is 451 g/mol. The van der Waals surface area contributed by atoms with Crippen molar-refractivity contribution in [2.75, 3.05) is 12.3 Å². The van der Waals surface area contributed by atoms with Crippen LogP contribution in [-0.2, 0) is 13.2 Å². The topological polar surface area (TPSA) is 64.9 Å². The summed E-state index contributed by atoms with van der Waals surface area (Å²) in [5.41, 5.74) is 3.11. The third-order valence-corrected chi connectivity index (χ3v) is 5.68. The third-order valence-electron chi connectivity index (χ3n) is 4.52. The fraction of sp³-hybridized carbons (Fsp3) is 0.174. The molecule has 0 spiro atoms. The lowest BCUT2D eigenvalue weighted by atomic mass is 10.2. The number of rotatable bonds is 10. The number of ether oxygens (including phenoxy) is 1. The van der Waals surface area contributed by atoms with Crippen LogP contribution in [0.5, 0.6) is 5.75 Å². The van der Waals surface area contributed by atoms with Gasteiger partial charge in [0.1, 0.15) is 12.4 Å². The Hall–Kier alpha value is -2.87. The van der Waals surface area contributed by atoms with E-state index < -0.39 is 0 Å². The number of thioether (sulfide) groups is 1. The van der Waals surface area contributed by atoms with Crippen LogP contribution in [-0.4, -0.2) is 32.5 Å². The number of tetrazole rings is 1. The summed E-state index contributed by atoms with van der Waals surface area (Å²) in [5, 5.41) is 17.0. The Morgan fingerprint density at radius 2 is 1.81 bits per heavy atom. The van der Waals surface area contributed by atoms with E-state index in [0.717, 1.165) is 46.6 Å². The van der Waals surface area contributed by atoms with Crippen LogP contribution in [0.3, 0.4) is 0 Å². The maximum absolute atomic E-state index is 6.06. The molecule has 0 fully saturated rings. The normalized spacial score (nSPS) is 10.9. The highest BCUT2D eigenvalue weighted by Gasteiger charge is 2.08. The minimum Gasteiger partial charge on any atom is -0.489 e. The second-order valence-electron chi connectivity index (χ2n) is 6.76. The number of halogens is 1. The molecule has 3 aromatic carbocycles. The number of nitrogens with zero attached hydrogens (tertiary/aromatic N) is 4. The van der Waals surface area contributed by atoms with Crippen molar-refractivity contribution in [1.29, 1.82) is 0 Å². The van der Waals surface area contributed by atoms with Gasteiger partial charge in [-0.2, -0.15) is 4.68 Å². The van der Waals surface area contributed by atoms with Crippen LogP contribution in [0.4, 0.5) is 0 Å². The van der Waals surface area contributed by atoms with Crippen LogP contribution in [0, 0.1) is 0 Å². The summed E-state index contributed by atoms with van der Waals surface area (Å²) in [4.78, 5) is 0. The maximum Gasteiger partial charge on any atom is 0.214 e. The first-order valence-corrected chi connectivity index (χ1v) is 11.3. The Bertz CT molecular complexity index is 1110. The summed E-state index contributed by atoms with van der Waals surface area (Å²) in [6.45, 7) is 2.01. The van der Waals surface area contributed by atoms with Crippen molar-refractivity contribution in [2.45, 2.75) is 18.3 Å². The van der Waals surface area contributed by atoms with Gasteiger partial charge >= 0.3 is 0 Å². The zero-order valence-electron chi connectivity index (χ0n) is 16.8. The van der Waals surface area contributed by atoms with E-state index in [0.29, 0.717) is 11.6 Å². The second kappa shape index (κ2) is 10.9. The van der Waals surface area contributed by atoms with E-state index in [4.69, 9.17) is 16.3 Å². The lowest BCUT2D eigenvalue weighted by Gasteiger charge is -2.12. The third kappa shape index (κ3) is 6.07. The largest absolute Gasteiger partial charge is 0.489 e. The minimum atomic E-state index is 0.482. The van der Waals surface area contributed by atoms with Crippen molar-refractivity contribution in [3.8, 4) is 11.4 Å². The molecule has 1 heterocycles. The van der Waals surface area contributed by atoms with Crippen molar-refractivity contribution in [2.24, 2.45) is 0 Å². The van der Waals surface area contributed by atoms with Gasteiger partial charge in [-0.3, -0.25) is 0 Å². The second-order valence-corrected chi connectivity index (χ2v) is 8.26. The average molecular weight is 452 g/mol. The molecular formula is C23H22ClN5OS. The van der Waals surface area contributed by atoms with Crippen LogP contribution < -0.4 is 10.1 Å². The van der Waals surface area contributed by atoms with Crippen molar-refractivity contribution in [3.05, 3.63) is 95.0 Å². The predicted octanol–water partition coefficient (Wildman–Crippen LogP) is 4.78. The molecule has 1 aromatic heterocycles. The van der Waals surface area contributed by atoms with Gasteiger partial charge in [0.15, 0.2) is 0 Å². The van der Waals surface area contributed by atoms with Gasteiger partial charge in [0, 0.05) is 29.4 Å².